The highest BCUT2D eigenvalue weighted by molar-refractivity contribution is 7.89. The molecule has 288 valence electrons. The molecule has 0 aliphatic carbocycles. The van der Waals surface area contributed by atoms with E-state index in [0.717, 1.165) is 0 Å². The second kappa shape index (κ2) is 16.2. The Morgan fingerprint density at radius 3 is 1.92 bits per heavy atom. The molecular weight excluding hydrogens is 681 g/mol. The molecule has 2 aliphatic rings. The van der Waals surface area contributed by atoms with Gasteiger partial charge in [-0.3, -0.25) is 19.2 Å². The van der Waals surface area contributed by atoms with Gasteiger partial charge in [0.05, 0.1) is 11.8 Å². The highest BCUT2D eigenvalue weighted by atomic mass is 32.2. The smallest absolute Gasteiger partial charge is 0.350 e. The number of halogens is 3. The van der Waals surface area contributed by atoms with E-state index in [9.17, 15) is 45.6 Å². The zero-order valence-corrected chi connectivity index (χ0v) is 31.9. The lowest BCUT2D eigenvalue weighted by molar-refractivity contribution is -0.148. The van der Waals surface area contributed by atoms with E-state index < -0.39 is 105 Å². The summed E-state index contributed by atoms with van der Waals surface area (Å²) >= 11 is 0. The van der Waals surface area contributed by atoms with E-state index in [-0.39, 0.29) is 25.4 Å². The SMILES string of the molecule is CCNC(=O)C(=O)C(CCC(F)(F)F)NC(=O)[C@@H]1[C@@H](C(C)(C)C)CCN1C(=O)[C@@H](NC(=O)N[C@H](CN1CCCS1(=O)=O)C(C)(C)C)C(C)(C)C. The van der Waals surface area contributed by atoms with E-state index in [4.69, 9.17) is 0 Å². The van der Waals surface area contributed by atoms with Gasteiger partial charge in [0.1, 0.15) is 12.1 Å². The van der Waals surface area contributed by atoms with Crippen molar-refractivity contribution < 1.29 is 45.6 Å². The third-order valence-electron chi connectivity index (χ3n) is 9.30. The minimum Gasteiger partial charge on any atom is -0.350 e. The van der Waals surface area contributed by atoms with Gasteiger partial charge in [-0.1, -0.05) is 62.3 Å². The summed E-state index contributed by atoms with van der Waals surface area (Å²) in [6.45, 7) is 18.3. The van der Waals surface area contributed by atoms with Gasteiger partial charge in [0.15, 0.2) is 0 Å². The number of Topliss-reactive ketones (excluding diaryl/α,β-unsaturated/α-hetero) is 1. The summed E-state index contributed by atoms with van der Waals surface area (Å²) in [7, 11) is -3.45. The van der Waals surface area contributed by atoms with Crippen LogP contribution in [0.4, 0.5) is 18.0 Å². The molecule has 0 aromatic carbocycles. The van der Waals surface area contributed by atoms with E-state index >= 15 is 0 Å². The fourth-order valence-corrected chi connectivity index (χ4v) is 7.83. The number of likely N-dealkylation sites (tertiary alicyclic amines) is 1. The number of urea groups is 1. The number of nitrogens with zero attached hydrogens (tertiary/aromatic N) is 2. The lowest BCUT2D eigenvalue weighted by Gasteiger charge is -2.39. The highest BCUT2D eigenvalue weighted by Crippen LogP contribution is 2.40. The molecule has 13 nitrogen and oxygen atoms in total. The number of sulfonamides is 1. The molecule has 0 radical (unpaired) electrons. The van der Waals surface area contributed by atoms with Crippen molar-refractivity contribution in [1.29, 1.82) is 0 Å². The van der Waals surface area contributed by atoms with Crippen LogP contribution in [0.2, 0.25) is 0 Å². The third-order valence-corrected chi connectivity index (χ3v) is 11.2. The topological polar surface area (TPSA) is 174 Å². The monoisotopic (exact) mass is 738 g/mol. The molecule has 0 spiro atoms. The standard InChI is InChI=1S/C33H57F3N6O7S/c1-11-37-27(45)24(43)21(13-15-33(34,35)36)38-26(44)23-20(30(2,3)4)14-17-42(23)28(46)25(32(8,9)10)40-29(47)39-22(31(5,6)7)19-41-16-12-18-50(41,48)49/h20-23,25H,11-19H2,1-10H3,(H,37,45)(H,38,44)(H2,39,40,47)/t20-,21?,22+,23-,25+/m0/s1. The van der Waals surface area contributed by atoms with E-state index in [0.29, 0.717) is 19.4 Å². The first kappa shape index (κ1) is 43.2. The molecule has 0 saturated carbocycles. The molecule has 2 heterocycles. The molecule has 0 bridgehead atoms. The Bertz CT molecular complexity index is 1370. The van der Waals surface area contributed by atoms with E-state index in [1.165, 1.54) is 16.1 Å². The summed E-state index contributed by atoms with van der Waals surface area (Å²) in [5.74, 6) is -4.32. The summed E-state index contributed by atoms with van der Waals surface area (Å²) in [6, 6.07) is -5.55. The van der Waals surface area contributed by atoms with Gasteiger partial charge in [-0.05, 0) is 48.3 Å². The van der Waals surface area contributed by atoms with Crippen molar-refractivity contribution in [1.82, 2.24) is 30.5 Å². The van der Waals surface area contributed by atoms with Crippen molar-refractivity contribution in [3.05, 3.63) is 0 Å². The number of alkyl halides is 3. The van der Waals surface area contributed by atoms with E-state index in [2.05, 4.69) is 21.3 Å². The number of nitrogens with one attached hydrogen (secondary N) is 4. The lowest BCUT2D eigenvalue weighted by Crippen LogP contribution is -2.62. The second-order valence-electron chi connectivity index (χ2n) is 16.5. The Morgan fingerprint density at radius 2 is 1.46 bits per heavy atom. The summed E-state index contributed by atoms with van der Waals surface area (Å²) in [6.07, 6.45) is -6.12. The van der Waals surface area contributed by atoms with E-state index in [1.54, 1.807) is 20.8 Å². The lowest BCUT2D eigenvalue weighted by atomic mass is 9.75. The molecule has 50 heavy (non-hydrogen) atoms. The molecule has 0 aromatic heterocycles. The second-order valence-corrected chi connectivity index (χ2v) is 18.6. The molecule has 5 amide bonds. The van der Waals surface area contributed by atoms with Gasteiger partial charge >= 0.3 is 12.2 Å². The van der Waals surface area contributed by atoms with E-state index in [1.807, 2.05) is 41.5 Å². The predicted molar refractivity (Wildman–Crippen MR) is 182 cm³/mol. The van der Waals surface area contributed by atoms with Crippen molar-refractivity contribution in [3.8, 4) is 0 Å². The first-order valence-electron chi connectivity index (χ1n) is 17.1. The van der Waals surface area contributed by atoms with Crippen LogP contribution in [0.5, 0.6) is 0 Å². The van der Waals surface area contributed by atoms with Crippen molar-refractivity contribution in [2.24, 2.45) is 22.2 Å². The summed E-state index contributed by atoms with van der Waals surface area (Å²) in [4.78, 5) is 68.4. The summed E-state index contributed by atoms with van der Waals surface area (Å²) < 4.78 is 65.9. The van der Waals surface area contributed by atoms with Crippen LogP contribution in [0.3, 0.4) is 0 Å². The van der Waals surface area contributed by atoms with Gasteiger partial charge < -0.3 is 26.2 Å². The Labute approximate surface area is 294 Å². The minimum absolute atomic E-state index is 0.0277. The average molecular weight is 739 g/mol. The van der Waals surface area contributed by atoms with Crippen molar-refractivity contribution in [2.75, 3.05) is 31.9 Å². The molecule has 17 heteroatoms. The minimum atomic E-state index is -4.66. The van der Waals surface area contributed by atoms with Crippen LogP contribution in [-0.4, -0.2) is 109 Å². The van der Waals surface area contributed by atoms with Gasteiger partial charge in [0.2, 0.25) is 27.6 Å². The molecule has 0 aromatic rings. The zero-order valence-electron chi connectivity index (χ0n) is 31.0. The van der Waals surface area contributed by atoms with Crippen molar-refractivity contribution in [2.45, 2.75) is 125 Å². The Balaban J connectivity index is 2.41. The van der Waals surface area contributed by atoms with Crippen LogP contribution in [0.1, 0.15) is 94.9 Å². The highest BCUT2D eigenvalue weighted by Gasteiger charge is 2.50. The maximum Gasteiger partial charge on any atom is 0.389 e. The Hall–Kier alpha value is -2.95. The van der Waals surface area contributed by atoms with Crippen LogP contribution < -0.4 is 21.3 Å². The number of hydrogen-bond acceptors (Lipinski definition) is 7. The summed E-state index contributed by atoms with van der Waals surface area (Å²) in [5.41, 5.74) is -2.03. The fraction of sp³-hybridized carbons (Fsp3) is 0.848. The Morgan fingerprint density at radius 1 is 0.860 bits per heavy atom. The van der Waals surface area contributed by atoms with Crippen molar-refractivity contribution >= 4 is 39.6 Å². The maximum absolute atomic E-state index is 14.4. The Kier molecular flexibility index (Phi) is 14.0. The number of carbonyl (C=O) groups excluding carboxylic acids is 5. The van der Waals surface area contributed by atoms with Gasteiger partial charge in [0.25, 0.3) is 5.91 Å². The number of hydrogen-bond donors (Lipinski definition) is 4. The van der Waals surface area contributed by atoms with Gasteiger partial charge in [-0.25, -0.2) is 13.2 Å². The molecule has 5 atom stereocenters. The fourth-order valence-electron chi connectivity index (χ4n) is 6.29. The van der Waals surface area contributed by atoms with Crippen LogP contribution in [-0.2, 0) is 29.2 Å². The number of likely N-dealkylation sites (N-methyl/N-ethyl adjacent to an activating group) is 1. The molecule has 2 fully saturated rings. The number of amides is 5. The number of carbonyl (C=O) groups is 5. The van der Waals surface area contributed by atoms with Gasteiger partial charge in [-0.2, -0.15) is 17.5 Å². The van der Waals surface area contributed by atoms with Crippen molar-refractivity contribution in [3.63, 3.8) is 0 Å². The van der Waals surface area contributed by atoms with Crippen LogP contribution in [0, 0.1) is 22.2 Å². The predicted octanol–water partition coefficient (Wildman–Crippen LogP) is 2.95. The number of ketones is 1. The van der Waals surface area contributed by atoms with Gasteiger partial charge in [-0.15, -0.1) is 0 Å². The first-order valence-corrected chi connectivity index (χ1v) is 18.8. The molecule has 2 aliphatic heterocycles. The molecule has 4 N–H and O–H groups in total. The average Bonchev–Trinajstić information content (AvgIpc) is 3.54. The van der Waals surface area contributed by atoms with Crippen LogP contribution in [0.15, 0.2) is 0 Å². The quantitative estimate of drug-likeness (QED) is 0.223. The molecular formula is C33H57F3N6O7S. The van der Waals surface area contributed by atoms with Crippen LogP contribution in [0.25, 0.3) is 0 Å². The summed E-state index contributed by atoms with van der Waals surface area (Å²) in [5, 5.41) is 10.2. The normalized spacial score (nSPS) is 22.0. The van der Waals surface area contributed by atoms with Gasteiger partial charge in [0, 0.05) is 38.6 Å². The molecule has 1 unspecified atom stereocenters. The maximum atomic E-state index is 14.4. The first-order chi connectivity index (χ1) is 22.6. The zero-order chi connectivity index (χ0) is 38.6. The molecule has 2 saturated heterocycles. The third kappa shape index (κ3) is 11.8. The number of rotatable bonds is 12. The van der Waals surface area contributed by atoms with Crippen LogP contribution >= 0.6 is 0 Å². The largest absolute Gasteiger partial charge is 0.389 e. The molecule has 2 rings (SSSR count).